The summed E-state index contributed by atoms with van der Waals surface area (Å²) in [5.74, 6) is 2.08. The molecule has 0 bridgehead atoms. The van der Waals surface area contributed by atoms with Crippen LogP contribution in [0.25, 0.3) is 0 Å². The highest BCUT2D eigenvalue weighted by Gasteiger charge is 2.07. The molecule has 0 radical (unpaired) electrons. The molecule has 0 aliphatic heterocycles. The highest BCUT2D eigenvalue weighted by atomic mass is 16.5. The van der Waals surface area contributed by atoms with Gasteiger partial charge < -0.3 is 19.5 Å². The SMILES string of the molecule is COc1ccc(CCCNC(=O)COc2cccc(C)c2C)cc1OC. The first-order valence-electron chi connectivity index (χ1n) is 8.71. The summed E-state index contributed by atoms with van der Waals surface area (Å²) in [7, 11) is 3.24. The van der Waals surface area contributed by atoms with E-state index in [-0.39, 0.29) is 12.5 Å². The number of hydrogen-bond acceptors (Lipinski definition) is 4. The fraction of sp³-hybridized carbons (Fsp3) is 0.381. The first kappa shape index (κ1) is 19.6. The Bertz CT molecular complexity index is 743. The molecule has 5 heteroatoms. The van der Waals surface area contributed by atoms with Gasteiger partial charge in [-0.05, 0) is 61.6 Å². The third kappa shape index (κ3) is 5.41. The van der Waals surface area contributed by atoms with Gasteiger partial charge in [0.2, 0.25) is 0 Å². The summed E-state index contributed by atoms with van der Waals surface area (Å²) in [6.45, 7) is 4.64. The molecule has 1 amide bonds. The first-order chi connectivity index (χ1) is 12.5. The number of hydrogen-bond donors (Lipinski definition) is 1. The van der Waals surface area contributed by atoms with Crippen molar-refractivity contribution in [3.05, 3.63) is 53.1 Å². The maximum atomic E-state index is 11.9. The molecule has 0 atom stereocenters. The number of carbonyl (C=O) groups is 1. The Labute approximate surface area is 155 Å². The summed E-state index contributed by atoms with van der Waals surface area (Å²) in [6.07, 6.45) is 1.68. The number of benzene rings is 2. The molecule has 2 aromatic carbocycles. The normalized spacial score (nSPS) is 10.3. The van der Waals surface area contributed by atoms with Crippen molar-refractivity contribution in [2.75, 3.05) is 27.4 Å². The number of aryl methyl sites for hydroxylation is 2. The second-order valence-electron chi connectivity index (χ2n) is 6.13. The third-order valence-electron chi connectivity index (χ3n) is 4.33. The number of carbonyl (C=O) groups excluding carboxylic acids is 1. The second kappa shape index (κ2) is 9.70. The summed E-state index contributed by atoms with van der Waals surface area (Å²) in [5.41, 5.74) is 3.36. The van der Waals surface area contributed by atoms with E-state index in [0.29, 0.717) is 12.3 Å². The Balaban J connectivity index is 1.72. The smallest absolute Gasteiger partial charge is 0.257 e. The largest absolute Gasteiger partial charge is 0.493 e. The summed E-state index contributed by atoms with van der Waals surface area (Å²) in [5, 5.41) is 2.89. The Morgan fingerprint density at radius 2 is 1.77 bits per heavy atom. The summed E-state index contributed by atoms with van der Waals surface area (Å²) in [6, 6.07) is 11.7. The van der Waals surface area contributed by atoms with Gasteiger partial charge in [-0.15, -0.1) is 0 Å². The average molecular weight is 357 g/mol. The molecule has 0 spiro atoms. The van der Waals surface area contributed by atoms with Crippen LogP contribution in [0, 0.1) is 13.8 Å². The molecule has 0 aromatic heterocycles. The number of methoxy groups -OCH3 is 2. The van der Waals surface area contributed by atoms with E-state index in [1.165, 1.54) is 0 Å². The first-order valence-corrected chi connectivity index (χ1v) is 8.71. The quantitative estimate of drug-likeness (QED) is 0.699. The van der Waals surface area contributed by atoms with Crippen LogP contribution in [-0.4, -0.2) is 33.3 Å². The lowest BCUT2D eigenvalue weighted by molar-refractivity contribution is -0.123. The Hall–Kier alpha value is -2.69. The molecule has 140 valence electrons. The molecule has 0 heterocycles. The van der Waals surface area contributed by atoms with Crippen molar-refractivity contribution in [1.82, 2.24) is 5.32 Å². The van der Waals surface area contributed by atoms with E-state index in [1.807, 2.05) is 50.2 Å². The lowest BCUT2D eigenvalue weighted by Crippen LogP contribution is -2.30. The molecule has 0 saturated heterocycles. The van der Waals surface area contributed by atoms with Crippen molar-refractivity contribution in [2.24, 2.45) is 0 Å². The van der Waals surface area contributed by atoms with Crippen molar-refractivity contribution in [2.45, 2.75) is 26.7 Å². The maximum absolute atomic E-state index is 11.9. The van der Waals surface area contributed by atoms with Gasteiger partial charge in [-0.25, -0.2) is 0 Å². The van der Waals surface area contributed by atoms with Gasteiger partial charge in [0, 0.05) is 6.54 Å². The van der Waals surface area contributed by atoms with Crippen LogP contribution in [0.4, 0.5) is 0 Å². The molecule has 5 nitrogen and oxygen atoms in total. The second-order valence-corrected chi connectivity index (χ2v) is 6.13. The molecule has 1 N–H and O–H groups in total. The average Bonchev–Trinajstić information content (AvgIpc) is 2.66. The van der Waals surface area contributed by atoms with Crippen LogP contribution in [0.5, 0.6) is 17.2 Å². The highest BCUT2D eigenvalue weighted by molar-refractivity contribution is 5.77. The van der Waals surface area contributed by atoms with E-state index in [0.717, 1.165) is 41.0 Å². The minimum atomic E-state index is -0.113. The van der Waals surface area contributed by atoms with Gasteiger partial charge >= 0.3 is 0 Å². The van der Waals surface area contributed by atoms with Crippen LogP contribution >= 0.6 is 0 Å². The predicted molar refractivity (Wildman–Crippen MR) is 102 cm³/mol. The van der Waals surface area contributed by atoms with Crippen LogP contribution < -0.4 is 19.5 Å². The lowest BCUT2D eigenvalue weighted by atomic mass is 10.1. The number of nitrogens with one attached hydrogen (secondary N) is 1. The predicted octanol–water partition coefficient (Wildman–Crippen LogP) is 3.45. The molecule has 0 fully saturated rings. The fourth-order valence-electron chi connectivity index (χ4n) is 2.63. The molecule has 0 aliphatic rings. The van der Waals surface area contributed by atoms with Crippen LogP contribution in [0.1, 0.15) is 23.1 Å². The fourth-order valence-corrected chi connectivity index (χ4v) is 2.63. The monoisotopic (exact) mass is 357 g/mol. The summed E-state index contributed by atoms with van der Waals surface area (Å²) in [4.78, 5) is 11.9. The van der Waals surface area contributed by atoms with E-state index < -0.39 is 0 Å². The van der Waals surface area contributed by atoms with Crippen LogP contribution in [-0.2, 0) is 11.2 Å². The van der Waals surface area contributed by atoms with Crippen molar-refractivity contribution in [1.29, 1.82) is 0 Å². The van der Waals surface area contributed by atoms with Crippen molar-refractivity contribution in [3.8, 4) is 17.2 Å². The van der Waals surface area contributed by atoms with Crippen LogP contribution in [0.2, 0.25) is 0 Å². The van der Waals surface area contributed by atoms with Gasteiger partial charge in [-0.2, -0.15) is 0 Å². The minimum Gasteiger partial charge on any atom is -0.493 e. The molecule has 2 rings (SSSR count). The topological polar surface area (TPSA) is 56.8 Å². The Morgan fingerprint density at radius 1 is 1.00 bits per heavy atom. The van der Waals surface area contributed by atoms with Gasteiger partial charge in [0.05, 0.1) is 14.2 Å². The number of ether oxygens (including phenoxy) is 3. The van der Waals surface area contributed by atoms with Crippen molar-refractivity contribution < 1.29 is 19.0 Å². The molecule has 0 aliphatic carbocycles. The Kier molecular flexibility index (Phi) is 7.33. The summed E-state index contributed by atoms with van der Waals surface area (Å²) < 4.78 is 16.1. The van der Waals surface area contributed by atoms with Gasteiger partial charge in [0.15, 0.2) is 18.1 Å². The number of amides is 1. The van der Waals surface area contributed by atoms with E-state index in [9.17, 15) is 4.79 Å². The van der Waals surface area contributed by atoms with E-state index in [1.54, 1.807) is 14.2 Å². The zero-order chi connectivity index (χ0) is 18.9. The number of rotatable bonds is 9. The zero-order valence-corrected chi connectivity index (χ0v) is 15.9. The molecular formula is C21H27NO4. The molecule has 0 saturated carbocycles. The van der Waals surface area contributed by atoms with Gasteiger partial charge in [-0.1, -0.05) is 18.2 Å². The van der Waals surface area contributed by atoms with E-state index >= 15 is 0 Å². The zero-order valence-electron chi connectivity index (χ0n) is 15.9. The lowest BCUT2D eigenvalue weighted by Gasteiger charge is -2.11. The van der Waals surface area contributed by atoms with E-state index in [4.69, 9.17) is 14.2 Å². The molecule has 2 aromatic rings. The molecular weight excluding hydrogens is 330 g/mol. The Morgan fingerprint density at radius 3 is 2.50 bits per heavy atom. The van der Waals surface area contributed by atoms with Gasteiger partial charge in [-0.3, -0.25) is 4.79 Å². The van der Waals surface area contributed by atoms with Crippen molar-refractivity contribution in [3.63, 3.8) is 0 Å². The maximum Gasteiger partial charge on any atom is 0.257 e. The standard InChI is InChI=1S/C21H27NO4/c1-15-7-5-9-18(16(15)2)26-14-21(23)22-12-6-8-17-10-11-19(24-3)20(13-17)25-4/h5,7,9-11,13H,6,8,12,14H2,1-4H3,(H,22,23). The molecule has 0 unspecified atom stereocenters. The van der Waals surface area contributed by atoms with Crippen LogP contribution in [0.3, 0.4) is 0 Å². The van der Waals surface area contributed by atoms with Crippen molar-refractivity contribution >= 4 is 5.91 Å². The third-order valence-corrected chi connectivity index (χ3v) is 4.33. The summed E-state index contributed by atoms with van der Waals surface area (Å²) >= 11 is 0. The van der Waals surface area contributed by atoms with Gasteiger partial charge in [0.1, 0.15) is 5.75 Å². The molecule has 26 heavy (non-hydrogen) atoms. The highest BCUT2D eigenvalue weighted by Crippen LogP contribution is 2.27. The van der Waals surface area contributed by atoms with Gasteiger partial charge in [0.25, 0.3) is 5.91 Å². The minimum absolute atomic E-state index is 0.0284. The van der Waals surface area contributed by atoms with Crippen LogP contribution in [0.15, 0.2) is 36.4 Å². The van der Waals surface area contributed by atoms with E-state index in [2.05, 4.69) is 5.32 Å².